The van der Waals surface area contributed by atoms with Gasteiger partial charge >= 0.3 is 5.97 Å². The number of ether oxygens (including phenoxy) is 1. The van der Waals surface area contributed by atoms with Gasteiger partial charge in [-0.05, 0) is 70.6 Å². The number of rotatable bonds is 15. The molecule has 1 rings (SSSR count). The van der Waals surface area contributed by atoms with Gasteiger partial charge in [-0.3, -0.25) is 4.79 Å². The highest BCUT2D eigenvalue weighted by atomic mass is 16.5. The van der Waals surface area contributed by atoms with Gasteiger partial charge in [0.1, 0.15) is 6.10 Å². The quantitative estimate of drug-likeness (QED) is 0.162. The van der Waals surface area contributed by atoms with Crippen LogP contribution in [-0.2, 0) is 9.53 Å². The van der Waals surface area contributed by atoms with E-state index in [0.29, 0.717) is 6.42 Å². The Bertz CT molecular complexity index is 479. The second kappa shape index (κ2) is 18.8. The fourth-order valence-electron chi connectivity index (χ4n) is 3.35. The Morgan fingerprint density at radius 3 is 1.86 bits per heavy atom. The van der Waals surface area contributed by atoms with Gasteiger partial charge in [0.25, 0.3) is 0 Å². The van der Waals surface area contributed by atoms with Crippen molar-refractivity contribution in [3.8, 4) is 0 Å². The van der Waals surface area contributed by atoms with E-state index in [-0.39, 0.29) is 12.1 Å². The van der Waals surface area contributed by atoms with Crippen LogP contribution in [0.5, 0.6) is 0 Å². The summed E-state index contributed by atoms with van der Waals surface area (Å²) < 4.78 is 5.54. The third-order valence-electron chi connectivity index (χ3n) is 5.06. The van der Waals surface area contributed by atoms with Crippen LogP contribution in [-0.4, -0.2) is 12.1 Å². The zero-order chi connectivity index (χ0) is 20.1. The van der Waals surface area contributed by atoms with Gasteiger partial charge in [0, 0.05) is 6.42 Å². The fraction of sp³-hybridized carbons (Fsp3) is 0.654. The van der Waals surface area contributed by atoms with Gasteiger partial charge in [-0.1, -0.05) is 74.8 Å². The molecule has 1 aliphatic rings. The topological polar surface area (TPSA) is 26.3 Å². The molecule has 1 aliphatic carbocycles. The molecule has 0 spiro atoms. The molecule has 0 aromatic carbocycles. The smallest absolute Gasteiger partial charge is 0.306 e. The summed E-state index contributed by atoms with van der Waals surface area (Å²) in [5, 5.41) is 0. The maximum absolute atomic E-state index is 11.8. The lowest BCUT2D eigenvalue weighted by molar-refractivity contribution is -0.150. The van der Waals surface area contributed by atoms with Crippen LogP contribution in [0.4, 0.5) is 0 Å². The van der Waals surface area contributed by atoms with Gasteiger partial charge in [0.15, 0.2) is 0 Å². The highest BCUT2D eigenvalue weighted by Crippen LogP contribution is 2.20. The number of hydrogen-bond donors (Lipinski definition) is 0. The lowest BCUT2D eigenvalue weighted by atomic mass is 9.98. The molecule has 0 radical (unpaired) electrons. The van der Waals surface area contributed by atoms with Crippen LogP contribution < -0.4 is 0 Å². The molecule has 1 fully saturated rings. The maximum Gasteiger partial charge on any atom is 0.306 e. The summed E-state index contributed by atoms with van der Waals surface area (Å²) in [7, 11) is 0. The molecule has 0 N–H and O–H groups in total. The third kappa shape index (κ3) is 15.5. The van der Waals surface area contributed by atoms with Gasteiger partial charge in [0.2, 0.25) is 0 Å². The van der Waals surface area contributed by atoms with Crippen molar-refractivity contribution >= 4 is 5.97 Å². The number of unbranched alkanes of at least 4 members (excludes halogenated alkanes) is 4. The first-order valence-corrected chi connectivity index (χ1v) is 11.6. The molecule has 0 atom stereocenters. The average Bonchev–Trinajstić information content (AvgIpc) is 2.71. The molecule has 2 nitrogen and oxygen atoms in total. The summed E-state index contributed by atoms with van der Waals surface area (Å²) in [6.45, 7) is 2.24. The lowest BCUT2D eigenvalue weighted by Gasteiger charge is -2.21. The minimum Gasteiger partial charge on any atom is -0.462 e. The molecule has 0 heterocycles. The maximum atomic E-state index is 11.8. The number of hydrogen-bond acceptors (Lipinski definition) is 2. The van der Waals surface area contributed by atoms with Crippen LogP contribution in [0.15, 0.2) is 48.6 Å². The second-order valence-electron chi connectivity index (χ2n) is 7.73. The van der Waals surface area contributed by atoms with Gasteiger partial charge in [-0.15, -0.1) is 0 Å². The number of carbonyl (C=O) groups is 1. The van der Waals surface area contributed by atoms with Crippen LogP contribution in [0.3, 0.4) is 0 Å². The zero-order valence-electron chi connectivity index (χ0n) is 18.1. The highest BCUT2D eigenvalue weighted by molar-refractivity contribution is 5.69. The number of allylic oxidation sites excluding steroid dienone is 8. The average molecular weight is 387 g/mol. The summed E-state index contributed by atoms with van der Waals surface area (Å²) in [5.74, 6) is -0.0113. The van der Waals surface area contributed by atoms with Crippen LogP contribution in [0.2, 0.25) is 0 Å². The Hall–Kier alpha value is -1.57. The van der Waals surface area contributed by atoms with Crippen LogP contribution >= 0.6 is 0 Å². The Kier molecular flexibility index (Phi) is 16.4. The molecular formula is C26H42O2. The molecule has 0 saturated heterocycles. The third-order valence-corrected chi connectivity index (χ3v) is 5.06. The van der Waals surface area contributed by atoms with Crippen molar-refractivity contribution in [2.45, 2.75) is 109 Å². The molecule has 0 bridgehead atoms. The van der Waals surface area contributed by atoms with E-state index in [1.165, 1.54) is 44.9 Å². The molecule has 1 saturated carbocycles. The second-order valence-corrected chi connectivity index (χ2v) is 7.73. The lowest BCUT2D eigenvalue weighted by Crippen LogP contribution is -2.20. The van der Waals surface area contributed by atoms with E-state index in [1.54, 1.807) is 0 Å². The summed E-state index contributed by atoms with van der Waals surface area (Å²) in [4.78, 5) is 11.8. The molecule has 28 heavy (non-hydrogen) atoms. The standard InChI is InChI=1S/C26H42O2/c1-2-3-4-5-6-7-8-9-10-11-12-13-14-15-16-17-21-24-26(27)28-25-22-19-18-20-23-25/h6-7,9-10,12-13,15-16,25H,2-5,8,11,14,17-24H2,1H3. The van der Waals surface area contributed by atoms with E-state index in [1.807, 2.05) is 0 Å². The van der Waals surface area contributed by atoms with Crippen molar-refractivity contribution in [2.24, 2.45) is 0 Å². The minimum atomic E-state index is -0.0113. The van der Waals surface area contributed by atoms with E-state index < -0.39 is 0 Å². The molecule has 0 aliphatic heterocycles. The molecule has 0 aromatic rings. The van der Waals surface area contributed by atoms with E-state index in [2.05, 4.69) is 55.5 Å². The Balaban J connectivity index is 1.91. The monoisotopic (exact) mass is 386 g/mol. The molecular weight excluding hydrogens is 344 g/mol. The predicted octanol–water partition coefficient (Wildman–Crippen LogP) is 8.01. The minimum absolute atomic E-state index is 0.0113. The van der Waals surface area contributed by atoms with Crippen molar-refractivity contribution < 1.29 is 9.53 Å². The first kappa shape index (κ1) is 24.5. The van der Waals surface area contributed by atoms with E-state index in [9.17, 15) is 4.79 Å². The van der Waals surface area contributed by atoms with Gasteiger partial charge in [0.05, 0.1) is 0 Å². The highest BCUT2D eigenvalue weighted by Gasteiger charge is 2.16. The van der Waals surface area contributed by atoms with E-state index >= 15 is 0 Å². The van der Waals surface area contributed by atoms with Crippen molar-refractivity contribution in [1.82, 2.24) is 0 Å². The summed E-state index contributed by atoms with van der Waals surface area (Å²) in [5.41, 5.74) is 0. The zero-order valence-corrected chi connectivity index (χ0v) is 18.1. The van der Waals surface area contributed by atoms with Crippen molar-refractivity contribution in [3.05, 3.63) is 48.6 Å². The fourth-order valence-corrected chi connectivity index (χ4v) is 3.35. The molecule has 0 aromatic heterocycles. The van der Waals surface area contributed by atoms with E-state index in [0.717, 1.165) is 44.9 Å². The van der Waals surface area contributed by atoms with Crippen molar-refractivity contribution in [1.29, 1.82) is 0 Å². The summed E-state index contributed by atoms with van der Waals surface area (Å²) >= 11 is 0. The van der Waals surface area contributed by atoms with Gasteiger partial charge in [-0.25, -0.2) is 0 Å². The van der Waals surface area contributed by atoms with Gasteiger partial charge < -0.3 is 4.74 Å². The van der Waals surface area contributed by atoms with Crippen LogP contribution in [0.25, 0.3) is 0 Å². The van der Waals surface area contributed by atoms with Crippen LogP contribution in [0.1, 0.15) is 103 Å². The Morgan fingerprint density at radius 2 is 1.29 bits per heavy atom. The Morgan fingerprint density at radius 1 is 0.750 bits per heavy atom. The van der Waals surface area contributed by atoms with Crippen molar-refractivity contribution in [3.63, 3.8) is 0 Å². The molecule has 2 heteroatoms. The largest absolute Gasteiger partial charge is 0.462 e. The van der Waals surface area contributed by atoms with Gasteiger partial charge in [-0.2, -0.15) is 0 Å². The van der Waals surface area contributed by atoms with E-state index in [4.69, 9.17) is 4.74 Å². The summed E-state index contributed by atoms with van der Waals surface area (Å²) in [6.07, 6.45) is 34.4. The van der Waals surface area contributed by atoms with Crippen LogP contribution in [0, 0.1) is 0 Å². The number of esters is 1. The SMILES string of the molecule is CCCCCC=CCC=CCC=CCC=CCCCC(=O)OC1CCCCC1. The first-order chi connectivity index (χ1) is 13.8. The molecule has 158 valence electrons. The summed E-state index contributed by atoms with van der Waals surface area (Å²) in [6, 6.07) is 0. The normalized spacial score (nSPS) is 16.2. The van der Waals surface area contributed by atoms with Crippen molar-refractivity contribution in [2.75, 3.05) is 0 Å². The number of carbonyl (C=O) groups excluding carboxylic acids is 1. The Labute approximate surface area is 173 Å². The predicted molar refractivity (Wildman–Crippen MR) is 121 cm³/mol. The first-order valence-electron chi connectivity index (χ1n) is 11.6. The molecule has 0 amide bonds. The molecule has 0 unspecified atom stereocenters.